The lowest BCUT2D eigenvalue weighted by atomic mass is 9.77. The van der Waals surface area contributed by atoms with Crippen molar-refractivity contribution in [2.24, 2.45) is 0 Å². The molecular weight excluding hydrogens is 392 g/mol. The highest BCUT2D eigenvalue weighted by Crippen LogP contribution is 2.51. The van der Waals surface area contributed by atoms with E-state index < -0.39 is 23.6 Å². The Bertz CT molecular complexity index is 1090. The Hall–Kier alpha value is -3.23. The zero-order valence-electron chi connectivity index (χ0n) is 16.2. The van der Waals surface area contributed by atoms with Crippen molar-refractivity contribution in [3.63, 3.8) is 0 Å². The zero-order valence-corrected chi connectivity index (χ0v) is 16.2. The van der Waals surface area contributed by atoms with Gasteiger partial charge in [-0.2, -0.15) is 0 Å². The van der Waals surface area contributed by atoms with Crippen molar-refractivity contribution in [1.29, 1.82) is 0 Å². The number of benzene rings is 2. The van der Waals surface area contributed by atoms with Gasteiger partial charge in [0.05, 0.1) is 19.3 Å². The van der Waals surface area contributed by atoms with E-state index in [9.17, 15) is 20.1 Å². The third-order valence-electron chi connectivity index (χ3n) is 5.93. The summed E-state index contributed by atoms with van der Waals surface area (Å²) in [6, 6.07) is 5.91. The van der Waals surface area contributed by atoms with Gasteiger partial charge in [-0.15, -0.1) is 0 Å². The van der Waals surface area contributed by atoms with E-state index in [-0.39, 0.29) is 41.6 Å². The van der Waals surface area contributed by atoms with E-state index in [1.807, 2.05) is 0 Å². The molecule has 0 bridgehead atoms. The topological polar surface area (TPSA) is 115 Å². The van der Waals surface area contributed by atoms with Crippen LogP contribution in [0, 0.1) is 0 Å². The van der Waals surface area contributed by atoms with Crippen LogP contribution in [0.15, 0.2) is 36.4 Å². The first kappa shape index (κ1) is 18.8. The highest BCUT2D eigenvalue weighted by molar-refractivity contribution is 6.07. The fourth-order valence-corrected chi connectivity index (χ4v) is 4.26. The standard InChI is InChI=1S/C22H20O8/c1-10(8-23)16-5-12-15(29-16)4-3-11-20(12)30-19-9-28-17-7-14(24)18(27-2)6-13(17)22(19,26)21(11)25/h3-4,6-7,16,19,23-24,26H,1,5,8-9H2,2H3/t16-,19+,22-/m0/s1. The van der Waals surface area contributed by atoms with Gasteiger partial charge in [-0.3, -0.25) is 4.79 Å². The van der Waals surface area contributed by atoms with Gasteiger partial charge in [-0.1, -0.05) is 6.58 Å². The lowest BCUT2D eigenvalue weighted by molar-refractivity contribution is -0.0802. The second kappa shape index (κ2) is 6.38. The monoisotopic (exact) mass is 412 g/mol. The summed E-state index contributed by atoms with van der Waals surface area (Å²) in [5.74, 6) is 0.508. The van der Waals surface area contributed by atoms with Crippen molar-refractivity contribution >= 4 is 5.78 Å². The van der Waals surface area contributed by atoms with Crippen LogP contribution in [0.3, 0.4) is 0 Å². The van der Waals surface area contributed by atoms with E-state index >= 15 is 0 Å². The first-order valence-electron chi connectivity index (χ1n) is 9.47. The number of phenols is 1. The fourth-order valence-electron chi connectivity index (χ4n) is 4.26. The van der Waals surface area contributed by atoms with E-state index in [4.69, 9.17) is 18.9 Å². The minimum Gasteiger partial charge on any atom is -0.504 e. The number of Topliss-reactive ketones (excluding diaryl/α,β-unsaturated/α-hetero) is 1. The van der Waals surface area contributed by atoms with Gasteiger partial charge in [-0.05, 0) is 23.8 Å². The fraction of sp³-hybridized carbons (Fsp3) is 0.318. The molecule has 0 radical (unpaired) electrons. The molecule has 156 valence electrons. The number of rotatable bonds is 3. The average molecular weight is 412 g/mol. The average Bonchev–Trinajstić information content (AvgIpc) is 3.19. The molecule has 0 spiro atoms. The van der Waals surface area contributed by atoms with Crippen LogP contribution in [-0.4, -0.2) is 53.6 Å². The van der Waals surface area contributed by atoms with Crippen molar-refractivity contribution in [3.05, 3.63) is 53.1 Å². The van der Waals surface area contributed by atoms with Gasteiger partial charge in [0, 0.05) is 23.6 Å². The number of ketones is 1. The maximum absolute atomic E-state index is 13.5. The number of carbonyl (C=O) groups is 1. The SMILES string of the molecule is C=C(CO)[C@@H]1Cc2c(ccc3c2O[C@@H]2COc4cc(O)c(OC)cc4[C@@]2(O)C3=O)O1. The molecule has 3 aliphatic heterocycles. The van der Waals surface area contributed by atoms with E-state index in [0.29, 0.717) is 29.1 Å². The normalized spacial score (nSPS) is 25.6. The number of aromatic hydroxyl groups is 1. The van der Waals surface area contributed by atoms with Crippen LogP contribution in [-0.2, 0) is 12.0 Å². The summed E-state index contributed by atoms with van der Waals surface area (Å²) >= 11 is 0. The summed E-state index contributed by atoms with van der Waals surface area (Å²) < 4.78 is 22.7. The molecule has 0 aliphatic carbocycles. The highest BCUT2D eigenvalue weighted by atomic mass is 16.6. The molecule has 2 aromatic rings. The van der Waals surface area contributed by atoms with E-state index in [2.05, 4.69) is 6.58 Å². The van der Waals surface area contributed by atoms with Crippen LogP contribution in [0.1, 0.15) is 21.5 Å². The molecule has 30 heavy (non-hydrogen) atoms. The van der Waals surface area contributed by atoms with Crippen LogP contribution in [0.2, 0.25) is 0 Å². The summed E-state index contributed by atoms with van der Waals surface area (Å²) in [6.07, 6.45) is -1.01. The number of hydrogen-bond donors (Lipinski definition) is 3. The Morgan fingerprint density at radius 2 is 2.10 bits per heavy atom. The zero-order chi connectivity index (χ0) is 21.2. The Kier molecular flexibility index (Phi) is 4.00. The Morgan fingerprint density at radius 3 is 2.83 bits per heavy atom. The number of ether oxygens (including phenoxy) is 4. The summed E-state index contributed by atoms with van der Waals surface area (Å²) in [6.45, 7) is 3.52. The molecule has 8 nitrogen and oxygen atoms in total. The van der Waals surface area contributed by atoms with Crippen molar-refractivity contribution in [2.45, 2.75) is 24.2 Å². The molecule has 0 unspecified atom stereocenters. The molecule has 0 amide bonds. The number of carbonyl (C=O) groups excluding carboxylic acids is 1. The van der Waals surface area contributed by atoms with Crippen LogP contribution in [0.25, 0.3) is 0 Å². The molecular formula is C22H20O8. The maximum Gasteiger partial charge on any atom is 0.206 e. The number of fused-ring (bicyclic) bond motifs is 6. The molecule has 3 heterocycles. The summed E-state index contributed by atoms with van der Waals surface area (Å²) in [5, 5.41) is 30.9. The number of aliphatic hydroxyl groups excluding tert-OH is 1. The quantitative estimate of drug-likeness (QED) is 0.650. The Morgan fingerprint density at radius 1 is 1.30 bits per heavy atom. The molecule has 5 rings (SSSR count). The van der Waals surface area contributed by atoms with Crippen LogP contribution >= 0.6 is 0 Å². The lowest BCUT2D eigenvalue weighted by Gasteiger charge is -2.43. The molecule has 3 atom stereocenters. The molecule has 3 aliphatic rings. The van der Waals surface area contributed by atoms with Crippen molar-refractivity contribution in [1.82, 2.24) is 0 Å². The molecule has 3 N–H and O–H groups in total. The summed E-state index contributed by atoms with van der Waals surface area (Å²) in [5.41, 5.74) is -0.376. The van der Waals surface area contributed by atoms with Crippen LogP contribution in [0.4, 0.5) is 0 Å². The molecule has 0 fully saturated rings. The van der Waals surface area contributed by atoms with Crippen molar-refractivity contribution < 1.29 is 39.1 Å². The molecule has 0 aromatic heterocycles. The van der Waals surface area contributed by atoms with Crippen LogP contribution < -0.4 is 18.9 Å². The first-order valence-corrected chi connectivity index (χ1v) is 9.47. The van der Waals surface area contributed by atoms with E-state index in [1.165, 1.54) is 19.2 Å². The highest BCUT2D eigenvalue weighted by Gasteiger charge is 2.56. The number of hydrogen-bond acceptors (Lipinski definition) is 8. The minimum atomic E-state index is -2.00. The maximum atomic E-state index is 13.5. The van der Waals surface area contributed by atoms with Gasteiger partial charge in [-0.25, -0.2) is 0 Å². The van der Waals surface area contributed by atoms with E-state index in [0.717, 1.165) is 0 Å². The minimum absolute atomic E-state index is 0.0856. The molecule has 0 saturated carbocycles. The van der Waals surface area contributed by atoms with Crippen LogP contribution in [0.5, 0.6) is 28.7 Å². The van der Waals surface area contributed by atoms with Crippen molar-refractivity contribution in [2.75, 3.05) is 20.3 Å². The molecule has 2 aromatic carbocycles. The lowest BCUT2D eigenvalue weighted by Crippen LogP contribution is -2.57. The van der Waals surface area contributed by atoms with Gasteiger partial charge in [0.2, 0.25) is 5.78 Å². The first-order chi connectivity index (χ1) is 14.4. The Labute approximate surface area is 171 Å². The summed E-state index contributed by atoms with van der Waals surface area (Å²) in [7, 11) is 1.38. The number of phenolic OH excluding ortho intramolecular Hbond substituents is 1. The van der Waals surface area contributed by atoms with Gasteiger partial charge < -0.3 is 34.3 Å². The third kappa shape index (κ3) is 2.37. The largest absolute Gasteiger partial charge is 0.504 e. The second-order valence-electron chi connectivity index (χ2n) is 7.58. The number of aliphatic hydroxyl groups is 2. The Balaban J connectivity index is 1.61. The van der Waals surface area contributed by atoms with Gasteiger partial charge in [0.25, 0.3) is 0 Å². The predicted molar refractivity (Wildman–Crippen MR) is 104 cm³/mol. The number of methoxy groups -OCH3 is 1. The van der Waals surface area contributed by atoms with Gasteiger partial charge >= 0.3 is 0 Å². The van der Waals surface area contributed by atoms with Crippen molar-refractivity contribution in [3.8, 4) is 28.7 Å². The molecule has 8 heteroatoms. The smallest absolute Gasteiger partial charge is 0.206 e. The molecule has 0 saturated heterocycles. The second-order valence-corrected chi connectivity index (χ2v) is 7.58. The predicted octanol–water partition coefficient (Wildman–Crippen LogP) is 1.48. The summed E-state index contributed by atoms with van der Waals surface area (Å²) in [4.78, 5) is 13.5. The third-order valence-corrected chi connectivity index (χ3v) is 5.93. The van der Waals surface area contributed by atoms with Gasteiger partial charge in [0.15, 0.2) is 23.2 Å². The van der Waals surface area contributed by atoms with E-state index in [1.54, 1.807) is 12.1 Å². The van der Waals surface area contributed by atoms with Gasteiger partial charge in [0.1, 0.15) is 30.0 Å².